The summed E-state index contributed by atoms with van der Waals surface area (Å²) in [6.07, 6.45) is 3.72. The number of amides is 3. The number of likely N-dealkylation sites (tertiary alicyclic amines) is 1. The third kappa shape index (κ3) is 4.44. The maximum atomic E-state index is 12.2. The van der Waals surface area contributed by atoms with Crippen molar-refractivity contribution < 1.29 is 23.9 Å². The zero-order chi connectivity index (χ0) is 19.4. The highest BCUT2D eigenvalue weighted by Crippen LogP contribution is 2.34. The van der Waals surface area contributed by atoms with Gasteiger partial charge in [0.25, 0.3) is 17.1 Å². The van der Waals surface area contributed by atoms with Crippen molar-refractivity contribution in [2.24, 2.45) is 0 Å². The standard InChI is InChI=1S/C19H22N2O5S/c1-3-25-15-10-13(11-16-18(23)20(2)19(24)27-16)6-7-14(15)26-12-17(22)21-8-4-5-9-21/h6-7,10-11H,3-5,8-9,12H2,1-2H3/b16-11-. The quantitative estimate of drug-likeness (QED) is 0.695. The van der Waals surface area contributed by atoms with E-state index in [-0.39, 0.29) is 23.7 Å². The molecule has 0 aromatic heterocycles. The molecule has 2 fully saturated rings. The number of thioether (sulfide) groups is 1. The van der Waals surface area contributed by atoms with Crippen molar-refractivity contribution >= 4 is 34.9 Å². The summed E-state index contributed by atoms with van der Waals surface area (Å²) in [4.78, 5) is 39.0. The highest BCUT2D eigenvalue weighted by Gasteiger charge is 2.31. The van der Waals surface area contributed by atoms with Gasteiger partial charge in [-0.1, -0.05) is 6.07 Å². The molecule has 0 unspecified atom stereocenters. The molecule has 0 saturated carbocycles. The van der Waals surface area contributed by atoms with E-state index in [4.69, 9.17) is 9.47 Å². The first-order valence-electron chi connectivity index (χ1n) is 8.88. The maximum Gasteiger partial charge on any atom is 0.293 e. The Balaban J connectivity index is 1.73. The van der Waals surface area contributed by atoms with Crippen LogP contribution in [0.1, 0.15) is 25.3 Å². The van der Waals surface area contributed by atoms with E-state index in [1.807, 2.05) is 6.92 Å². The lowest BCUT2D eigenvalue weighted by Gasteiger charge is -2.17. The lowest BCUT2D eigenvalue weighted by molar-refractivity contribution is -0.132. The summed E-state index contributed by atoms with van der Waals surface area (Å²) < 4.78 is 11.3. The van der Waals surface area contributed by atoms with Gasteiger partial charge in [0.15, 0.2) is 18.1 Å². The van der Waals surface area contributed by atoms with Gasteiger partial charge in [-0.15, -0.1) is 0 Å². The molecule has 2 saturated heterocycles. The maximum absolute atomic E-state index is 12.2. The van der Waals surface area contributed by atoms with Crippen LogP contribution in [0.3, 0.4) is 0 Å². The van der Waals surface area contributed by atoms with Gasteiger partial charge in [0.2, 0.25) is 0 Å². The number of nitrogens with zero attached hydrogens (tertiary/aromatic N) is 2. The van der Waals surface area contributed by atoms with Crippen LogP contribution in [-0.2, 0) is 9.59 Å². The summed E-state index contributed by atoms with van der Waals surface area (Å²) >= 11 is 0.905. The molecule has 2 aliphatic rings. The zero-order valence-corrected chi connectivity index (χ0v) is 16.2. The van der Waals surface area contributed by atoms with Crippen LogP contribution in [-0.4, -0.2) is 60.2 Å². The fraction of sp³-hybridized carbons (Fsp3) is 0.421. The number of benzene rings is 1. The van der Waals surface area contributed by atoms with Crippen molar-refractivity contribution in [3.05, 3.63) is 28.7 Å². The zero-order valence-electron chi connectivity index (χ0n) is 15.4. The monoisotopic (exact) mass is 390 g/mol. The van der Waals surface area contributed by atoms with Crippen LogP contribution in [0.15, 0.2) is 23.1 Å². The van der Waals surface area contributed by atoms with Crippen LogP contribution in [0.25, 0.3) is 6.08 Å². The minimum Gasteiger partial charge on any atom is -0.490 e. The molecule has 27 heavy (non-hydrogen) atoms. The van der Waals surface area contributed by atoms with E-state index in [0.717, 1.165) is 48.2 Å². The topological polar surface area (TPSA) is 76.1 Å². The molecule has 0 spiro atoms. The average molecular weight is 390 g/mol. The lowest BCUT2D eigenvalue weighted by atomic mass is 10.2. The Morgan fingerprint density at radius 3 is 2.56 bits per heavy atom. The van der Waals surface area contributed by atoms with Crippen molar-refractivity contribution in [3.63, 3.8) is 0 Å². The molecule has 0 N–H and O–H groups in total. The van der Waals surface area contributed by atoms with E-state index in [1.165, 1.54) is 7.05 Å². The second-order valence-corrected chi connectivity index (χ2v) is 7.25. The molecular weight excluding hydrogens is 368 g/mol. The molecule has 0 aliphatic carbocycles. The van der Waals surface area contributed by atoms with E-state index >= 15 is 0 Å². The van der Waals surface area contributed by atoms with Gasteiger partial charge in [-0.05, 0) is 55.3 Å². The smallest absolute Gasteiger partial charge is 0.293 e. The molecule has 8 heteroatoms. The van der Waals surface area contributed by atoms with Crippen molar-refractivity contribution in [1.82, 2.24) is 9.80 Å². The van der Waals surface area contributed by atoms with Gasteiger partial charge >= 0.3 is 0 Å². The number of imide groups is 1. The van der Waals surface area contributed by atoms with Gasteiger partial charge in [-0.3, -0.25) is 19.3 Å². The van der Waals surface area contributed by atoms with Crippen LogP contribution >= 0.6 is 11.8 Å². The minimum atomic E-state index is -0.320. The molecule has 2 heterocycles. The Kier molecular flexibility index (Phi) is 6.05. The van der Waals surface area contributed by atoms with Gasteiger partial charge in [0.05, 0.1) is 11.5 Å². The van der Waals surface area contributed by atoms with E-state index in [2.05, 4.69) is 0 Å². The number of likely N-dealkylation sites (N-methyl/N-ethyl adjacent to an activating group) is 1. The van der Waals surface area contributed by atoms with E-state index in [1.54, 1.807) is 29.2 Å². The third-order valence-corrected chi connectivity index (χ3v) is 5.32. The SMILES string of the molecule is CCOc1cc(/C=C2\SC(=O)N(C)C2=O)ccc1OCC(=O)N1CCCC1. The second kappa shape index (κ2) is 8.47. The highest BCUT2D eigenvalue weighted by atomic mass is 32.2. The van der Waals surface area contributed by atoms with Gasteiger partial charge in [-0.25, -0.2) is 0 Å². The molecule has 0 bridgehead atoms. The number of hydrogen-bond acceptors (Lipinski definition) is 6. The molecule has 1 aromatic rings. The number of ether oxygens (including phenoxy) is 2. The normalized spacial score (nSPS) is 18.5. The summed E-state index contributed by atoms with van der Waals surface area (Å²) in [6.45, 7) is 3.82. The predicted octanol–water partition coefficient (Wildman–Crippen LogP) is 2.75. The summed E-state index contributed by atoms with van der Waals surface area (Å²) in [7, 11) is 1.46. The molecule has 0 radical (unpaired) electrons. The Morgan fingerprint density at radius 1 is 1.19 bits per heavy atom. The Morgan fingerprint density at radius 2 is 1.93 bits per heavy atom. The molecule has 3 amide bonds. The van der Waals surface area contributed by atoms with Crippen LogP contribution in [0.2, 0.25) is 0 Å². The van der Waals surface area contributed by atoms with Gasteiger partial charge in [0, 0.05) is 20.1 Å². The Bertz CT molecular complexity index is 786. The van der Waals surface area contributed by atoms with Crippen molar-refractivity contribution in [2.45, 2.75) is 19.8 Å². The number of carbonyl (C=O) groups is 3. The van der Waals surface area contributed by atoms with Gasteiger partial charge < -0.3 is 14.4 Å². The minimum absolute atomic E-state index is 0.0318. The van der Waals surface area contributed by atoms with E-state index < -0.39 is 0 Å². The number of hydrogen-bond donors (Lipinski definition) is 0. The molecule has 7 nitrogen and oxygen atoms in total. The number of carbonyl (C=O) groups excluding carboxylic acids is 3. The first-order chi connectivity index (χ1) is 13.0. The van der Waals surface area contributed by atoms with Crippen LogP contribution in [0, 0.1) is 0 Å². The van der Waals surface area contributed by atoms with Crippen LogP contribution in [0.5, 0.6) is 11.5 Å². The predicted molar refractivity (Wildman–Crippen MR) is 103 cm³/mol. The summed E-state index contributed by atoms with van der Waals surface area (Å²) in [5, 5.41) is -0.295. The van der Waals surface area contributed by atoms with Crippen molar-refractivity contribution in [3.8, 4) is 11.5 Å². The third-order valence-electron chi connectivity index (χ3n) is 4.36. The summed E-state index contributed by atoms with van der Waals surface area (Å²) in [5.74, 6) is 0.622. The van der Waals surface area contributed by atoms with Crippen LogP contribution in [0.4, 0.5) is 4.79 Å². The largest absolute Gasteiger partial charge is 0.490 e. The first kappa shape index (κ1) is 19.3. The fourth-order valence-corrected chi connectivity index (χ4v) is 3.72. The summed E-state index contributed by atoms with van der Waals surface area (Å²) in [5.41, 5.74) is 0.718. The summed E-state index contributed by atoms with van der Waals surface area (Å²) in [6, 6.07) is 5.22. The molecule has 3 rings (SSSR count). The first-order valence-corrected chi connectivity index (χ1v) is 9.70. The molecule has 144 valence electrons. The molecule has 1 aromatic carbocycles. The molecular formula is C19H22N2O5S. The van der Waals surface area contributed by atoms with Crippen molar-refractivity contribution in [2.75, 3.05) is 33.4 Å². The van der Waals surface area contributed by atoms with E-state index in [9.17, 15) is 14.4 Å². The number of rotatable bonds is 6. The molecule has 0 atom stereocenters. The second-order valence-electron chi connectivity index (χ2n) is 6.26. The highest BCUT2D eigenvalue weighted by molar-refractivity contribution is 8.18. The van der Waals surface area contributed by atoms with Gasteiger partial charge in [0.1, 0.15) is 0 Å². The van der Waals surface area contributed by atoms with Gasteiger partial charge in [-0.2, -0.15) is 0 Å². The van der Waals surface area contributed by atoms with Crippen LogP contribution < -0.4 is 9.47 Å². The average Bonchev–Trinajstić information content (AvgIpc) is 3.27. The van der Waals surface area contributed by atoms with Crippen molar-refractivity contribution in [1.29, 1.82) is 0 Å². The Hall–Kier alpha value is -2.48. The Labute approximate surface area is 162 Å². The molecule has 2 aliphatic heterocycles. The van der Waals surface area contributed by atoms with E-state index in [0.29, 0.717) is 23.0 Å². The lowest BCUT2D eigenvalue weighted by Crippen LogP contribution is -2.32. The fourth-order valence-electron chi connectivity index (χ4n) is 2.90.